The summed E-state index contributed by atoms with van der Waals surface area (Å²) in [6, 6.07) is 0.723. The molecule has 1 N–H and O–H groups in total. The van der Waals surface area contributed by atoms with Gasteiger partial charge in [-0.25, -0.2) is 4.98 Å². The molecule has 100 valence electrons. The number of rotatable bonds is 7. The summed E-state index contributed by atoms with van der Waals surface area (Å²) in [6.45, 7) is 3.53. The minimum Gasteiger partial charge on any atom is -0.391 e. The van der Waals surface area contributed by atoms with E-state index in [9.17, 15) is 5.11 Å². The van der Waals surface area contributed by atoms with Gasteiger partial charge in [0.2, 0.25) is 0 Å². The zero-order valence-electron chi connectivity index (χ0n) is 11.1. The quantitative estimate of drug-likeness (QED) is 0.822. The van der Waals surface area contributed by atoms with E-state index in [0.29, 0.717) is 5.92 Å². The molecule has 18 heavy (non-hydrogen) atoms. The van der Waals surface area contributed by atoms with Crippen molar-refractivity contribution in [3.8, 4) is 0 Å². The van der Waals surface area contributed by atoms with E-state index in [1.54, 1.807) is 11.3 Å². The topological polar surface area (TPSA) is 36.4 Å². The van der Waals surface area contributed by atoms with Crippen molar-refractivity contribution in [2.24, 2.45) is 0 Å². The average Bonchev–Trinajstić information content (AvgIpc) is 3.28. The number of aromatic nitrogens is 1. The zero-order valence-corrected chi connectivity index (χ0v) is 11.9. The first kappa shape index (κ1) is 12.4. The van der Waals surface area contributed by atoms with Gasteiger partial charge in [0.25, 0.3) is 0 Å². The van der Waals surface area contributed by atoms with Crippen LogP contribution in [0.1, 0.15) is 61.9 Å². The molecule has 0 aliphatic heterocycles. The summed E-state index contributed by atoms with van der Waals surface area (Å²) in [7, 11) is 0. The molecule has 3 rings (SSSR count). The Morgan fingerprint density at radius 2 is 2.11 bits per heavy atom. The summed E-state index contributed by atoms with van der Waals surface area (Å²) in [5, 5.41) is 10.6. The van der Waals surface area contributed by atoms with Gasteiger partial charge in [-0.3, -0.25) is 0 Å². The Hall–Kier alpha value is -0.610. The summed E-state index contributed by atoms with van der Waals surface area (Å²) in [4.78, 5) is 8.43. The van der Waals surface area contributed by atoms with Gasteiger partial charge < -0.3 is 10.0 Å². The van der Waals surface area contributed by atoms with Gasteiger partial charge in [-0.05, 0) is 32.1 Å². The van der Waals surface area contributed by atoms with Crippen LogP contribution in [0.3, 0.4) is 0 Å². The van der Waals surface area contributed by atoms with Crippen molar-refractivity contribution in [3.05, 3.63) is 10.6 Å². The highest BCUT2D eigenvalue weighted by Crippen LogP contribution is 2.45. The first-order chi connectivity index (χ1) is 8.83. The number of hydrogen-bond acceptors (Lipinski definition) is 4. The third kappa shape index (κ3) is 2.54. The maximum atomic E-state index is 9.47. The minimum atomic E-state index is 0.162. The Morgan fingerprint density at radius 1 is 1.33 bits per heavy atom. The minimum absolute atomic E-state index is 0.162. The number of nitrogens with zero attached hydrogens (tertiary/aromatic N) is 2. The Morgan fingerprint density at radius 3 is 2.67 bits per heavy atom. The van der Waals surface area contributed by atoms with Crippen LogP contribution in [0.2, 0.25) is 0 Å². The van der Waals surface area contributed by atoms with Gasteiger partial charge in [-0.15, -0.1) is 0 Å². The maximum Gasteiger partial charge on any atom is 0.186 e. The summed E-state index contributed by atoms with van der Waals surface area (Å²) in [5.74, 6) is 0.643. The van der Waals surface area contributed by atoms with Crippen molar-refractivity contribution in [3.63, 3.8) is 0 Å². The van der Waals surface area contributed by atoms with Crippen LogP contribution < -0.4 is 4.90 Å². The lowest BCUT2D eigenvalue weighted by molar-refractivity contribution is 0.284. The number of thiazole rings is 1. The molecule has 4 heteroatoms. The Kier molecular flexibility index (Phi) is 3.57. The molecule has 1 heterocycles. The van der Waals surface area contributed by atoms with E-state index in [-0.39, 0.29) is 6.61 Å². The second-order valence-corrected chi connectivity index (χ2v) is 6.58. The molecule has 0 saturated heterocycles. The van der Waals surface area contributed by atoms with E-state index >= 15 is 0 Å². The Balaban J connectivity index is 1.79. The van der Waals surface area contributed by atoms with Crippen molar-refractivity contribution in [2.45, 2.75) is 64.0 Å². The number of anilines is 1. The molecule has 1 aromatic heterocycles. The van der Waals surface area contributed by atoms with E-state index < -0.39 is 0 Å². The number of unbranched alkanes of at least 4 members (excludes halogenated alkanes) is 1. The SMILES string of the molecule is CCCCN(c1nc(C2CC2)c(CO)s1)C1CC1. The first-order valence-electron chi connectivity index (χ1n) is 7.20. The molecule has 0 atom stereocenters. The van der Waals surface area contributed by atoms with Gasteiger partial charge in [-0.1, -0.05) is 24.7 Å². The Bertz CT molecular complexity index is 410. The number of hydrogen-bond donors (Lipinski definition) is 1. The van der Waals surface area contributed by atoms with E-state index in [1.165, 1.54) is 44.2 Å². The van der Waals surface area contributed by atoms with Crippen molar-refractivity contribution < 1.29 is 5.11 Å². The standard InChI is InChI=1S/C14H22N2OS/c1-2-3-8-16(11-6-7-11)14-15-13(10-4-5-10)12(9-17)18-14/h10-11,17H,2-9H2,1H3. The van der Waals surface area contributed by atoms with Crippen molar-refractivity contribution in [2.75, 3.05) is 11.4 Å². The summed E-state index contributed by atoms with van der Waals surface area (Å²) in [5.41, 5.74) is 1.19. The second-order valence-electron chi connectivity index (χ2n) is 5.52. The van der Waals surface area contributed by atoms with Crippen LogP contribution in [0, 0.1) is 0 Å². The largest absolute Gasteiger partial charge is 0.391 e. The average molecular weight is 266 g/mol. The lowest BCUT2D eigenvalue weighted by Crippen LogP contribution is -2.26. The van der Waals surface area contributed by atoms with Gasteiger partial charge in [0.1, 0.15) is 0 Å². The van der Waals surface area contributed by atoms with Crippen LogP contribution >= 0.6 is 11.3 Å². The normalized spacial score (nSPS) is 19.2. The van der Waals surface area contributed by atoms with Gasteiger partial charge in [-0.2, -0.15) is 0 Å². The predicted octanol–water partition coefficient (Wildman–Crippen LogP) is 3.28. The molecule has 2 saturated carbocycles. The molecule has 2 fully saturated rings. The fraction of sp³-hybridized carbons (Fsp3) is 0.786. The van der Waals surface area contributed by atoms with E-state index in [1.807, 2.05) is 0 Å². The molecular weight excluding hydrogens is 244 g/mol. The van der Waals surface area contributed by atoms with Crippen LogP contribution in [0.5, 0.6) is 0 Å². The molecule has 0 bridgehead atoms. The van der Waals surface area contributed by atoms with Crippen LogP contribution in [-0.4, -0.2) is 22.7 Å². The van der Waals surface area contributed by atoms with Crippen LogP contribution in [0.15, 0.2) is 0 Å². The van der Waals surface area contributed by atoms with Gasteiger partial charge in [0.05, 0.1) is 17.2 Å². The smallest absolute Gasteiger partial charge is 0.186 e. The highest BCUT2D eigenvalue weighted by atomic mass is 32.1. The lowest BCUT2D eigenvalue weighted by atomic mass is 10.2. The van der Waals surface area contributed by atoms with E-state index in [4.69, 9.17) is 4.98 Å². The molecule has 0 amide bonds. The molecule has 0 radical (unpaired) electrons. The first-order valence-corrected chi connectivity index (χ1v) is 8.02. The number of aliphatic hydroxyl groups excluding tert-OH is 1. The molecule has 2 aliphatic carbocycles. The fourth-order valence-electron chi connectivity index (χ4n) is 2.41. The molecule has 0 unspecified atom stereocenters. The molecule has 1 aromatic rings. The zero-order chi connectivity index (χ0) is 12.5. The highest BCUT2D eigenvalue weighted by Gasteiger charge is 2.34. The monoisotopic (exact) mass is 266 g/mol. The molecule has 0 spiro atoms. The van der Waals surface area contributed by atoms with Gasteiger partial charge in [0.15, 0.2) is 5.13 Å². The fourth-order valence-corrected chi connectivity index (χ4v) is 3.52. The maximum absolute atomic E-state index is 9.47. The van der Waals surface area contributed by atoms with E-state index in [2.05, 4.69) is 11.8 Å². The number of aliphatic hydroxyl groups is 1. The second kappa shape index (κ2) is 5.17. The van der Waals surface area contributed by atoms with Crippen molar-refractivity contribution in [1.29, 1.82) is 0 Å². The Labute approximate surface area is 113 Å². The van der Waals surface area contributed by atoms with Gasteiger partial charge in [0, 0.05) is 18.5 Å². The van der Waals surface area contributed by atoms with Crippen molar-refractivity contribution >= 4 is 16.5 Å². The van der Waals surface area contributed by atoms with Crippen LogP contribution in [-0.2, 0) is 6.61 Å². The summed E-state index contributed by atoms with van der Waals surface area (Å²) in [6.07, 6.45) is 7.62. The molecular formula is C14H22N2OS. The molecule has 0 aromatic carbocycles. The van der Waals surface area contributed by atoms with Crippen LogP contribution in [0.25, 0.3) is 0 Å². The summed E-state index contributed by atoms with van der Waals surface area (Å²) < 4.78 is 0. The van der Waals surface area contributed by atoms with Crippen molar-refractivity contribution in [1.82, 2.24) is 4.98 Å². The van der Waals surface area contributed by atoms with E-state index in [0.717, 1.165) is 22.6 Å². The van der Waals surface area contributed by atoms with Gasteiger partial charge >= 0.3 is 0 Å². The third-order valence-corrected chi connectivity index (χ3v) is 4.90. The molecule has 2 aliphatic rings. The molecule has 3 nitrogen and oxygen atoms in total. The third-order valence-electron chi connectivity index (χ3n) is 3.81. The summed E-state index contributed by atoms with van der Waals surface area (Å²) >= 11 is 1.72. The highest BCUT2D eigenvalue weighted by molar-refractivity contribution is 7.15. The van der Waals surface area contributed by atoms with Crippen LogP contribution in [0.4, 0.5) is 5.13 Å². The lowest BCUT2D eigenvalue weighted by Gasteiger charge is -2.20. The predicted molar refractivity (Wildman–Crippen MR) is 75.3 cm³/mol.